The first-order chi connectivity index (χ1) is 8.81. The maximum absolute atomic E-state index is 5.43. The highest BCUT2D eigenvalue weighted by atomic mass is 16.5. The Hall–Kier alpha value is -1.69. The number of anilines is 1. The van der Waals surface area contributed by atoms with E-state index in [1.54, 1.807) is 4.52 Å². The summed E-state index contributed by atoms with van der Waals surface area (Å²) in [6.07, 6.45) is 3.55. The Morgan fingerprint density at radius 3 is 3.11 bits per heavy atom. The molecule has 0 unspecified atom stereocenters. The Labute approximate surface area is 106 Å². The van der Waals surface area contributed by atoms with Crippen LogP contribution in [0, 0.1) is 6.92 Å². The third kappa shape index (κ3) is 3.16. The molecule has 0 aliphatic heterocycles. The van der Waals surface area contributed by atoms with Gasteiger partial charge in [-0.3, -0.25) is 0 Å². The van der Waals surface area contributed by atoms with E-state index < -0.39 is 0 Å². The molecule has 0 atom stereocenters. The van der Waals surface area contributed by atoms with E-state index >= 15 is 0 Å². The van der Waals surface area contributed by atoms with Gasteiger partial charge in [-0.05, 0) is 19.8 Å². The Morgan fingerprint density at radius 2 is 2.28 bits per heavy atom. The lowest BCUT2D eigenvalue weighted by Gasteiger charge is -2.08. The van der Waals surface area contributed by atoms with E-state index in [2.05, 4.69) is 27.3 Å². The molecule has 0 radical (unpaired) electrons. The van der Waals surface area contributed by atoms with E-state index in [9.17, 15) is 0 Å². The number of nitrogens with one attached hydrogen (secondary N) is 1. The van der Waals surface area contributed by atoms with Crippen molar-refractivity contribution in [2.75, 3.05) is 25.1 Å². The molecule has 2 aromatic heterocycles. The van der Waals surface area contributed by atoms with Crippen LogP contribution in [-0.4, -0.2) is 39.3 Å². The van der Waals surface area contributed by atoms with Crippen LogP contribution in [0.15, 0.2) is 12.4 Å². The normalized spacial score (nSPS) is 11.0. The zero-order valence-corrected chi connectivity index (χ0v) is 10.9. The van der Waals surface area contributed by atoms with Crippen molar-refractivity contribution in [2.45, 2.75) is 26.7 Å². The summed E-state index contributed by atoms with van der Waals surface area (Å²) in [5.74, 6) is 1.55. The Morgan fingerprint density at radius 1 is 1.39 bits per heavy atom. The average molecular weight is 249 g/mol. The minimum Gasteiger partial charge on any atom is -0.381 e. The highest BCUT2D eigenvalue weighted by Crippen LogP contribution is 2.09. The van der Waals surface area contributed by atoms with Crippen molar-refractivity contribution in [3.63, 3.8) is 0 Å². The number of hydrogen-bond donors (Lipinski definition) is 1. The minimum absolute atomic E-state index is 0.625. The van der Waals surface area contributed by atoms with Crippen molar-refractivity contribution in [3.8, 4) is 0 Å². The molecular formula is C12H19N5O. The topological polar surface area (TPSA) is 64.3 Å². The summed E-state index contributed by atoms with van der Waals surface area (Å²) in [7, 11) is 0. The number of fused-ring (bicyclic) bond motifs is 1. The minimum atomic E-state index is 0.625. The highest BCUT2D eigenvalue weighted by Gasteiger charge is 2.04. The summed E-state index contributed by atoms with van der Waals surface area (Å²) >= 11 is 0. The average Bonchev–Trinajstić information content (AvgIpc) is 2.81. The van der Waals surface area contributed by atoms with Crippen LogP contribution in [0.1, 0.15) is 25.5 Å². The molecule has 1 N–H and O–H groups in total. The van der Waals surface area contributed by atoms with E-state index in [0.29, 0.717) is 5.78 Å². The van der Waals surface area contributed by atoms with Crippen LogP contribution in [0.4, 0.5) is 5.82 Å². The summed E-state index contributed by atoms with van der Waals surface area (Å²) in [5, 5.41) is 7.47. The van der Waals surface area contributed by atoms with E-state index in [4.69, 9.17) is 4.74 Å². The van der Waals surface area contributed by atoms with E-state index in [1.165, 1.54) is 6.33 Å². The lowest BCUT2D eigenvalue weighted by molar-refractivity contribution is 0.134. The number of ether oxygens (including phenoxy) is 1. The molecule has 2 rings (SSSR count). The first kappa shape index (κ1) is 12.8. The number of aryl methyl sites for hydroxylation is 1. The van der Waals surface area contributed by atoms with Crippen molar-refractivity contribution in [1.29, 1.82) is 0 Å². The fourth-order valence-electron chi connectivity index (χ4n) is 1.69. The second kappa shape index (κ2) is 6.30. The summed E-state index contributed by atoms with van der Waals surface area (Å²) in [6, 6.07) is 1.97. The maximum atomic E-state index is 5.43. The first-order valence-electron chi connectivity index (χ1n) is 6.30. The standard InChI is InChI=1S/C12H19N5O/c1-3-6-18-7-4-5-13-11-8-10(2)16-12-14-9-15-17(11)12/h8-9,13H,3-7H2,1-2H3. The zero-order valence-electron chi connectivity index (χ0n) is 10.9. The molecule has 0 amide bonds. The fourth-order valence-corrected chi connectivity index (χ4v) is 1.69. The van der Waals surface area contributed by atoms with Gasteiger partial charge in [-0.1, -0.05) is 6.92 Å². The Bertz CT molecular complexity index is 496. The monoisotopic (exact) mass is 249 g/mol. The van der Waals surface area contributed by atoms with Crippen LogP contribution in [-0.2, 0) is 4.74 Å². The second-order valence-electron chi connectivity index (χ2n) is 4.15. The molecule has 0 spiro atoms. The summed E-state index contributed by atoms with van der Waals surface area (Å²) in [4.78, 5) is 8.37. The van der Waals surface area contributed by atoms with Gasteiger partial charge >= 0.3 is 0 Å². The third-order valence-electron chi connectivity index (χ3n) is 2.50. The largest absolute Gasteiger partial charge is 0.381 e. The zero-order chi connectivity index (χ0) is 12.8. The molecular weight excluding hydrogens is 230 g/mol. The quantitative estimate of drug-likeness (QED) is 0.756. The molecule has 6 nitrogen and oxygen atoms in total. The molecule has 0 saturated heterocycles. The van der Waals surface area contributed by atoms with E-state index in [-0.39, 0.29) is 0 Å². The number of hydrogen-bond acceptors (Lipinski definition) is 5. The molecule has 0 fully saturated rings. The first-order valence-corrected chi connectivity index (χ1v) is 6.30. The van der Waals surface area contributed by atoms with E-state index in [1.807, 2.05) is 13.0 Å². The SMILES string of the molecule is CCCOCCCNc1cc(C)nc2ncnn12. The lowest BCUT2D eigenvalue weighted by Crippen LogP contribution is -2.10. The maximum Gasteiger partial charge on any atom is 0.254 e. The number of aromatic nitrogens is 4. The second-order valence-corrected chi connectivity index (χ2v) is 4.15. The third-order valence-corrected chi connectivity index (χ3v) is 2.50. The van der Waals surface area contributed by atoms with Gasteiger partial charge in [0.1, 0.15) is 12.1 Å². The fraction of sp³-hybridized carbons (Fsp3) is 0.583. The van der Waals surface area contributed by atoms with E-state index in [0.717, 1.165) is 44.1 Å². The molecule has 98 valence electrons. The highest BCUT2D eigenvalue weighted by molar-refractivity contribution is 5.44. The molecule has 18 heavy (non-hydrogen) atoms. The molecule has 0 saturated carbocycles. The van der Waals surface area contributed by atoms with Crippen LogP contribution < -0.4 is 5.32 Å². The van der Waals surface area contributed by atoms with Crippen LogP contribution in [0.25, 0.3) is 5.78 Å². The molecule has 0 aliphatic carbocycles. The van der Waals surface area contributed by atoms with Gasteiger partial charge in [0.2, 0.25) is 0 Å². The number of nitrogens with zero attached hydrogens (tertiary/aromatic N) is 4. The van der Waals surface area contributed by atoms with Gasteiger partial charge in [-0.2, -0.15) is 14.6 Å². The molecule has 2 aromatic rings. The van der Waals surface area contributed by atoms with Crippen molar-refractivity contribution >= 4 is 11.6 Å². The van der Waals surface area contributed by atoms with Gasteiger partial charge in [-0.15, -0.1) is 0 Å². The molecule has 2 heterocycles. The summed E-state index contributed by atoms with van der Waals surface area (Å²) in [5.41, 5.74) is 0.931. The Kier molecular flexibility index (Phi) is 4.46. The van der Waals surface area contributed by atoms with Gasteiger partial charge < -0.3 is 10.1 Å². The van der Waals surface area contributed by atoms with Crippen LogP contribution >= 0.6 is 0 Å². The molecule has 6 heteroatoms. The predicted octanol–water partition coefficient (Wildman–Crippen LogP) is 1.66. The van der Waals surface area contributed by atoms with Crippen LogP contribution in [0.5, 0.6) is 0 Å². The summed E-state index contributed by atoms with van der Waals surface area (Å²) < 4.78 is 7.14. The Balaban J connectivity index is 1.89. The molecule has 0 aromatic carbocycles. The van der Waals surface area contributed by atoms with Gasteiger partial charge in [0, 0.05) is 31.5 Å². The van der Waals surface area contributed by atoms with Gasteiger partial charge in [0.25, 0.3) is 5.78 Å². The summed E-state index contributed by atoms with van der Waals surface area (Å²) in [6.45, 7) is 6.53. The number of rotatable bonds is 7. The molecule has 0 bridgehead atoms. The van der Waals surface area contributed by atoms with Crippen molar-refractivity contribution in [3.05, 3.63) is 18.1 Å². The van der Waals surface area contributed by atoms with Crippen molar-refractivity contribution < 1.29 is 4.74 Å². The van der Waals surface area contributed by atoms with Gasteiger partial charge in [0.15, 0.2) is 0 Å². The smallest absolute Gasteiger partial charge is 0.254 e. The predicted molar refractivity (Wildman–Crippen MR) is 69.7 cm³/mol. The van der Waals surface area contributed by atoms with Gasteiger partial charge in [-0.25, -0.2) is 4.98 Å². The van der Waals surface area contributed by atoms with Crippen LogP contribution in [0.3, 0.4) is 0 Å². The van der Waals surface area contributed by atoms with Crippen molar-refractivity contribution in [1.82, 2.24) is 19.6 Å². The van der Waals surface area contributed by atoms with Crippen molar-refractivity contribution in [2.24, 2.45) is 0 Å². The van der Waals surface area contributed by atoms with Crippen LogP contribution in [0.2, 0.25) is 0 Å². The molecule has 0 aliphatic rings. The van der Waals surface area contributed by atoms with Gasteiger partial charge in [0.05, 0.1) is 0 Å². The lowest BCUT2D eigenvalue weighted by atomic mass is 10.4.